The average Bonchev–Trinajstić information content (AvgIpc) is 2.88. The third-order valence-corrected chi connectivity index (χ3v) is 7.77. The molecule has 0 aliphatic carbocycles. The number of rotatable bonds is 28. The summed E-state index contributed by atoms with van der Waals surface area (Å²) >= 11 is 0. The van der Waals surface area contributed by atoms with Gasteiger partial charge in [-0.1, -0.05) is 168 Å². The number of nitrogens with one attached hydrogen (secondary N) is 1. The van der Waals surface area contributed by atoms with E-state index >= 15 is 0 Å². The van der Waals surface area contributed by atoms with E-state index in [9.17, 15) is 0 Å². The van der Waals surface area contributed by atoms with Gasteiger partial charge in [-0.05, 0) is 33.6 Å². The van der Waals surface area contributed by atoms with Gasteiger partial charge in [-0.3, -0.25) is 4.99 Å². The SMILES string of the molecule is CCCCCCCCCCCCCCCC(N)C(=NCCCCCCCCCCCCCC)NC(C)(C)C. The molecule has 38 heavy (non-hydrogen) atoms. The van der Waals surface area contributed by atoms with Gasteiger partial charge >= 0.3 is 0 Å². The van der Waals surface area contributed by atoms with Gasteiger partial charge < -0.3 is 11.1 Å². The zero-order valence-corrected chi connectivity index (χ0v) is 27.2. The van der Waals surface area contributed by atoms with Gasteiger partial charge in [0, 0.05) is 12.1 Å². The molecule has 0 spiro atoms. The summed E-state index contributed by atoms with van der Waals surface area (Å²) in [7, 11) is 0. The molecule has 0 rings (SSSR count). The molecule has 0 fully saturated rings. The average molecular weight is 536 g/mol. The molecule has 3 N–H and O–H groups in total. The van der Waals surface area contributed by atoms with E-state index in [2.05, 4.69) is 39.9 Å². The number of nitrogens with two attached hydrogens (primary N) is 1. The van der Waals surface area contributed by atoms with Crippen LogP contribution in [0.1, 0.15) is 202 Å². The van der Waals surface area contributed by atoms with E-state index in [0.717, 1.165) is 18.8 Å². The zero-order chi connectivity index (χ0) is 28.2. The Morgan fingerprint density at radius 3 is 1.18 bits per heavy atom. The van der Waals surface area contributed by atoms with Crippen molar-refractivity contribution in [2.45, 2.75) is 213 Å². The van der Waals surface area contributed by atoms with Crippen molar-refractivity contribution in [2.75, 3.05) is 6.54 Å². The first-order valence-corrected chi connectivity index (χ1v) is 17.5. The maximum Gasteiger partial charge on any atom is 0.114 e. The molecule has 0 aromatic heterocycles. The third kappa shape index (κ3) is 28.4. The first-order chi connectivity index (χ1) is 18.4. The Morgan fingerprint density at radius 2 is 0.842 bits per heavy atom. The van der Waals surface area contributed by atoms with Crippen molar-refractivity contribution in [3.05, 3.63) is 0 Å². The maximum atomic E-state index is 6.62. The number of unbranched alkanes of at least 4 members (excludes halogenated alkanes) is 23. The quantitative estimate of drug-likeness (QED) is 0.0594. The van der Waals surface area contributed by atoms with Crippen LogP contribution in [0.3, 0.4) is 0 Å². The number of nitrogens with zero attached hydrogens (tertiary/aromatic N) is 1. The van der Waals surface area contributed by atoms with E-state index in [0.29, 0.717) is 0 Å². The van der Waals surface area contributed by atoms with Gasteiger partial charge in [0.2, 0.25) is 0 Å². The highest BCUT2D eigenvalue weighted by Crippen LogP contribution is 2.15. The highest BCUT2D eigenvalue weighted by molar-refractivity contribution is 5.87. The highest BCUT2D eigenvalue weighted by atomic mass is 15.1. The fourth-order valence-corrected chi connectivity index (χ4v) is 5.30. The Kier molecular flexibility index (Phi) is 27.6. The summed E-state index contributed by atoms with van der Waals surface area (Å²) in [5.41, 5.74) is 6.64. The summed E-state index contributed by atoms with van der Waals surface area (Å²) in [6, 6.07) is 0.0549. The number of aliphatic imine (C=N–C) groups is 1. The fourth-order valence-electron chi connectivity index (χ4n) is 5.30. The molecule has 0 saturated heterocycles. The molecule has 0 bridgehead atoms. The van der Waals surface area contributed by atoms with E-state index < -0.39 is 0 Å². The van der Waals surface area contributed by atoms with Crippen LogP contribution in [0.15, 0.2) is 4.99 Å². The lowest BCUT2D eigenvalue weighted by atomic mass is 10.0. The van der Waals surface area contributed by atoms with Gasteiger partial charge in [0.05, 0.1) is 6.04 Å². The van der Waals surface area contributed by atoms with Crippen molar-refractivity contribution in [3.8, 4) is 0 Å². The van der Waals surface area contributed by atoms with Crippen molar-refractivity contribution in [1.29, 1.82) is 0 Å². The molecule has 0 aliphatic heterocycles. The number of amidine groups is 1. The van der Waals surface area contributed by atoms with E-state index in [1.54, 1.807) is 0 Å². The molecule has 0 saturated carbocycles. The van der Waals surface area contributed by atoms with E-state index in [-0.39, 0.29) is 11.6 Å². The molecular weight excluding hydrogens is 462 g/mol. The molecule has 0 radical (unpaired) electrons. The Morgan fingerprint density at radius 1 is 0.526 bits per heavy atom. The molecule has 0 aliphatic rings. The second-order valence-electron chi connectivity index (χ2n) is 13.2. The fraction of sp³-hybridized carbons (Fsp3) is 0.971. The molecule has 0 amide bonds. The maximum absolute atomic E-state index is 6.62. The normalized spacial score (nSPS) is 13.3. The topological polar surface area (TPSA) is 50.4 Å². The van der Waals surface area contributed by atoms with Crippen LogP contribution >= 0.6 is 0 Å². The van der Waals surface area contributed by atoms with Gasteiger partial charge in [-0.25, -0.2) is 0 Å². The lowest BCUT2D eigenvalue weighted by Gasteiger charge is -2.27. The van der Waals surface area contributed by atoms with Crippen LogP contribution in [0.2, 0.25) is 0 Å². The molecule has 0 aromatic carbocycles. The van der Waals surface area contributed by atoms with E-state index in [1.807, 2.05) is 0 Å². The van der Waals surface area contributed by atoms with Crippen LogP contribution in [0.4, 0.5) is 0 Å². The number of hydrogen-bond donors (Lipinski definition) is 2. The van der Waals surface area contributed by atoms with E-state index in [1.165, 1.54) is 161 Å². The molecule has 3 heteroatoms. The van der Waals surface area contributed by atoms with Crippen LogP contribution in [-0.4, -0.2) is 24.0 Å². The first-order valence-electron chi connectivity index (χ1n) is 17.5. The largest absolute Gasteiger partial charge is 0.368 e. The summed E-state index contributed by atoms with van der Waals surface area (Å²) < 4.78 is 0. The Bertz CT molecular complexity index is 494. The number of hydrogen-bond acceptors (Lipinski definition) is 2. The predicted octanol–water partition coefficient (Wildman–Crippen LogP) is 11.3. The smallest absolute Gasteiger partial charge is 0.114 e. The summed E-state index contributed by atoms with van der Waals surface area (Å²) in [6.45, 7) is 12.1. The van der Waals surface area contributed by atoms with Gasteiger partial charge in [0.1, 0.15) is 5.84 Å². The Hall–Kier alpha value is -0.570. The van der Waals surface area contributed by atoms with Crippen LogP contribution in [0.5, 0.6) is 0 Å². The van der Waals surface area contributed by atoms with Crippen LogP contribution in [0.25, 0.3) is 0 Å². The molecular formula is C35H73N3. The second-order valence-corrected chi connectivity index (χ2v) is 13.2. The monoisotopic (exact) mass is 536 g/mol. The molecule has 1 atom stereocenters. The Balaban J connectivity index is 3.87. The first kappa shape index (κ1) is 37.4. The zero-order valence-electron chi connectivity index (χ0n) is 27.2. The van der Waals surface area contributed by atoms with Gasteiger partial charge in [-0.2, -0.15) is 0 Å². The van der Waals surface area contributed by atoms with Crippen molar-refractivity contribution in [1.82, 2.24) is 5.32 Å². The minimum atomic E-state index is 0.0169. The standard InChI is InChI=1S/C35H73N3/c1-6-8-10-12-14-16-18-20-21-23-25-27-29-31-33(36)34(38-35(3,4)5)37-32-30-28-26-24-22-19-17-15-13-11-9-7-2/h33H,6-32,36H2,1-5H3,(H,37,38). The van der Waals surface area contributed by atoms with Crippen molar-refractivity contribution >= 4 is 5.84 Å². The highest BCUT2D eigenvalue weighted by Gasteiger charge is 2.17. The van der Waals surface area contributed by atoms with Crippen LogP contribution < -0.4 is 11.1 Å². The van der Waals surface area contributed by atoms with Crippen molar-refractivity contribution < 1.29 is 0 Å². The molecule has 3 nitrogen and oxygen atoms in total. The molecule has 228 valence electrons. The summed E-state index contributed by atoms with van der Waals surface area (Å²) in [5.74, 6) is 1.04. The van der Waals surface area contributed by atoms with Crippen LogP contribution in [0, 0.1) is 0 Å². The predicted molar refractivity (Wildman–Crippen MR) is 175 cm³/mol. The Labute approximate surface area is 241 Å². The summed E-state index contributed by atoms with van der Waals surface area (Å²) in [4.78, 5) is 4.95. The van der Waals surface area contributed by atoms with E-state index in [4.69, 9.17) is 10.7 Å². The summed E-state index contributed by atoms with van der Waals surface area (Å²) in [5, 5.41) is 3.62. The summed E-state index contributed by atoms with van der Waals surface area (Å²) in [6.07, 6.45) is 35.8. The second kappa shape index (κ2) is 28.0. The van der Waals surface area contributed by atoms with Gasteiger partial charge in [0.25, 0.3) is 0 Å². The molecule has 0 aromatic rings. The minimum absolute atomic E-state index is 0.0169. The lowest BCUT2D eigenvalue weighted by Crippen LogP contribution is -2.49. The third-order valence-electron chi connectivity index (χ3n) is 7.77. The van der Waals surface area contributed by atoms with Crippen molar-refractivity contribution in [2.24, 2.45) is 10.7 Å². The lowest BCUT2D eigenvalue weighted by molar-refractivity contribution is 0.491. The van der Waals surface area contributed by atoms with Crippen molar-refractivity contribution in [3.63, 3.8) is 0 Å². The molecule has 0 heterocycles. The minimum Gasteiger partial charge on any atom is -0.368 e. The van der Waals surface area contributed by atoms with Crippen LogP contribution in [-0.2, 0) is 0 Å². The van der Waals surface area contributed by atoms with Gasteiger partial charge in [-0.15, -0.1) is 0 Å². The van der Waals surface area contributed by atoms with Gasteiger partial charge in [0.15, 0.2) is 0 Å². The molecule has 1 unspecified atom stereocenters.